The molecular formula is C20H21ClN4OS. The highest BCUT2D eigenvalue weighted by molar-refractivity contribution is 7.20. The molecule has 0 unspecified atom stereocenters. The first-order chi connectivity index (χ1) is 12.8. The van der Waals surface area contributed by atoms with E-state index < -0.39 is 0 Å². The Morgan fingerprint density at radius 1 is 1.26 bits per heavy atom. The van der Waals surface area contributed by atoms with E-state index in [1.165, 1.54) is 11.3 Å². The topological polar surface area (TPSA) is 58.1 Å². The van der Waals surface area contributed by atoms with Gasteiger partial charge in [-0.2, -0.15) is 0 Å². The van der Waals surface area contributed by atoms with E-state index in [9.17, 15) is 4.79 Å². The molecule has 27 heavy (non-hydrogen) atoms. The highest BCUT2D eigenvalue weighted by Gasteiger charge is 2.28. The quantitative estimate of drug-likeness (QED) is 0.657. The molecule has 3 aromatic rings. The fraction of sp³-hybridized carbons (Fsp3) is 0.350. The summed E-state index contributed by atoms with van der Waals surface area (Å²) in [5.74, 6) is 1.26. The van der Waals surface area contributed by atoms with Crippen molar-refractivity contribution in [2.75, 3.05) is 24.3 Å². The maximum Gasteiger partial charge on any atom is 0.266 e. The average molecular weight is 401 g/mol. The third-order valence-corrected chi connectivity index (χ3v) is 6.25. The molecule has 1 aliphatic rings. The Kier molecular flexibility index (Phi) is 4.56. The van der Waals surface area contributed by atoms with Crippen LogP contribution in [0.25, 0.3) is 10.2 Å². The Hall–Kier alpha value is -2.18. The van der Waals surface area contributed by atoms with Crippen molar-refractivity contribution < 1.29 is 4.79 Å². The van der Waals surface area contributed by atoms with E-state index in [0.717, 1.165) is 45.8 Å². The first-order valence-corrected chi connectivity index (χ1v) is 10.1. The van der Waals surface area contributed by atoms with Gasteiger partial charge in [-0.3, -0.25) is 4.79 Å². The third-order valence-electron chi connectivity index (χ3n) is 4.83. The number of benzene rings is 1. The van der Waals surface area contributed by atoms with Crippen molar-refractivity contribution in [3.8, 4) is 0 Å². The van der Waals surface area contributed by atoms with Crippen LogP contribution in [-0.4, -0.2) is 30.0 Å². The lowest BCUT2D eigenvalue weighted by Gasteiger charge is -2.18. The Labute approximate surface area is 167 Å². The molecule has 0 saturated heterocycles. The van der Waals surface area contributed by atoms with Crippen LogP contribution in [0, 0.1) is 13.8 Å². The molecule has 2 aromatic heterocycles. The number of anilines is 2. The number of nitrogens with one attached hydrogen (secondary N) is 1. The predicted octanol–water partition coefficient (Wildman–Crippen LogP) is 5.16. The number of hydrogen-bond acceptors (Lipinski definition) is 5. The van der Waals surface area contributed by atoms with E-state index in [-0.39, 0.29) is 5.91 Å². The van der Waals surface area contributed by atoms with Crippen LogP contribution in [0.1, 0.15) is 45.5 Å². The fourth-order valence-electron chi connectivity index (χ4n) is 3.28. The normalized spacial score (nSPS) is 13.8. The minimum Gasteiger partial charge on any atom is -0.376 e. The zero-order valence-corrected chi connectivity index (χ0v) is 17.3. The van der Waals surface area contributed by atoms with E-state index in [2.05, 4.69) is 10.3 Å². The molecular weight excluding hydrogens is 380 g/mol. The molecule has 1 fully saturated rings. The predicted molar refractivity (Wildman–Crippen MR) is 113 cm³/mol. The minimum absolute atomic E-state index is 0.145. The summed E-state index contributed by atoms with van der Waals surface area (Å²) in [6.45, 7) is 3.96. The van der Waals surface area contributed by atoms with E-state index in [1.54, 1.807) is 6.07 Å². The van der Waals surface area contributed by atoms with Gasteiger partial charge in [-0.1, -0.05) is 11.6 Å². The zero-order chi connectivity index (χ0) is 19.3. The molecule has 2 heterocycles. The first kappa shape index (κ1) is 18.2. The lowest BCUT2D eigenvalue weighted by atomic mass is 10.1. The third kappa shape index (κ3) is 3.39. The molecule has 1 saturated carbocycles. The number of amides is 1. The first-order valence-electron chi connectivity index (χ1n) is 8.91. The fourth-order valence-corrected chi connectivity index (χ4v) is 4.58. The van der Waals surface area contributed by atoms with Gasteiger partial charge in [-0.25, -0.2) is 9.97 Å². The lowest BCUT2D eigenvalue weighted by Crippen LogP contribution is -2.16. The number of nitrogens with zero attached hydrogens (tertiary/aromatic N) is 3. The monoisotopic (exact) mass is 400 g/mol. The van der Waals surface area contributed by atoms with E-state index in [1.807, 2.05) is 45.0 Å². The van der Waals surface area contributed by atoms with Crippen molar-refractivity contribution in [1.82, 2.24) is 9.97 Å². The molecule has 0 spiro atoms. The van der Waals surface area contributed by atoms with Gasteiger partial charge in [0.2, 0.25) is 0 Å². The van der Waals surface area contributed by atoms with Crippen LogP contribution in [0.5, 0.6) is 0 Å². The molecule has 5 nitrogen and oxygen atoms in total. The largest absolute Gasteiger partial charge is 0.376 e. The lowest BCUT2D eigenvalue weighted by molar-refractivity contribution is 0.103. The summed E-state index contributed by atoms with van der Waals surface area (Å²) in [4.78, 5) is 25.9. The number of carbonyl (C=O) groups is 1. The summed E-state index contributed by atoms with van der Waals surface area (Å²) < 4.78 is 0. The van der Waals surface area contributed by atoms with Crippen LogP contribution in [0.4, 0.5) is 11.4 Å². The van der Waals surface area contributed by atoms with Crippen LogP contribution in [0.3, 0.4) is 0 Å². The molecule has 0 bridgehead atoms. The Morgan fingerprint density at radius 3 is 2.67 bits per heavy atom. The highest BCUT2D eigenvalue weighted by atomic mass is 35.5. The number of hydrogen-bond donors (Lipinski definition) is 1. The smallest absolute Gasteiger partial charge is 0.266 e. The maximum absolute atomic E-state index is 13.0. The van der Waals surface area contributed by atoms with Crippen molar-refractivity contribution >= 4 is 50.4 Å². The van der Waals surface area contributed by atoms with Crippen molar-refractivity contribution in [1.29, 1.82) is 0 Å². The molecule has 1 aromatic carbocycles. The second kappa shape index (κ2) is 6.77. The Bertz CT molecular complexity index is 1060. The van der Waals surface area contributed by atoms with E-state index >= 15 is 0 Å². The molecule has 140 valence electrons. The summed E-state index contributed by atoms with van der Waals surface area (Å²) in [6, 6.07) is 5.48. The van der Waals surface area contributed by atoms with Crippen molar-refractivity contribution in [2.24, 2.45) is 0 Å². The van der Waals surface area contributed by atoms with E-state index in [0.29, 0.717) is 21.5 Å². The highest BCUT2D eigenvalue weighted by Crippen LogP contribution is 2.40. The second-order valence-electron chi connectivity index (χ2n) is 7.19. The Morgan fingerprint density at radius 2 is 2.00 bits per heavy atom. The van der Waals surface area contributed by atoms with Gasteiger partial charge in [0.15, 0.2) is 0 Å². The van der Waals surface area contributed by atoms with E-state index in [4.69, 9.17) is 16.6 Å². The van der Waals surface area contributed by atoms with Crippen LogP contribution in [0.15, 0.2) is 18.2 Å². The van der Waals surface area contributed by atoms with Gasteiger partial charge in [0.1, 0.15) is 10.7 Å². The van der Waals surface area contributed by atoms with Crippen molar-refractivity contribution in [3.63, 3.8) is 0 Å². The van der Waals surface area contributed by atoms with Gasteiger partial charge in [-0.15, -0.1) is 11.3 Å². The van der Waals surface area contributed by atoms with Gasteiger partial charge < -0.3 is 10.2 Å². The molecule has 0 atom stereocenters. The van der Waals surface area contributed by atoms with Gasteiger partial charge in [0, 0.05) is 30.4 Å². The SMILES string of the molecule is Cc1nc(C2CC2)nc2sc(C(=O)Nc3cc(Cl)ccc3N(C)C)c(C)c12. The standard InChI is InChI=1S/C20H21ClN4OS/c1-10-16-11(2)22-18(12-5-6-12)24-20(16)27-17(10)19(26)23-14-9-13(21)7-8-15(14)25(3)4/h7-9,12H,5-6H2,1-4H3,(H,23,26). The number of rotatable bonds is 4. The maximum atomic E-state index is 13.0. The number of aryl methyl sites for hydroxylation is 2. The second-order valence-corrected chi connectivity index (χ2v) is 8.62. The Balaban J connectivity index is 1.72. The number of thiophene rings is 1. The number of halogens is 1. The molecule has 1 aliphatic carbocycles. The number of carbonyl (C=O) groups excluding carboxylic acids is 1. The number of fused-ring (bicyclic) bond motifs is 1. The van der Waals surface area contributed by atoms with Gasteiger partial charge in [0.25, 0.3) is 5.91 Å². The van der Waals surface area contributed by atoms with Crippen LogP contribution >= 0.6 is 22.9 Å². The van der Waals surface area contributed by atoms with Crippen LogP contribution in [-0.2, 0) is 0 Å². The summed E-state index contributed by atoms with van der Waals surface area (Å²) in [6.07, 6.45) is 2.31. The van der Waals surface area contributed by atoms with Gasteiger partial charge in [0.05, 0.1) is 21.9 Å². The van der Waals surface area contributed by atoms with Crippen molar-refractivity contribution in [2.45, 2.75) is 32.6 Å². The van der Waals surface area contributed by atoms with Crippen LogP contribution < -0.4 is 10.2 Å². The van der Waals surface area contributed by atoms with Gasteiger partial charge >= 0.3 is 0 Å². The molecule has 1 N–H and O–H groups in total. The molecule has 7 heteroatoms. The number of aromatic nitrogens is 2. The van der Waals surface area contributed by atoms with Gasteiger partial charge in [-0.05, 0) is 50.5 Å². The molecule has 1 amide bonds. The zero-order valence-electron chi connectivity index (χ0n) is 15.8. The summed E-state index contributed by atoms with van der Waals surface area (Å²) in [7, 11) is 3.86. The minimum atomic E-state index is -0.145. The molecule has 4 rings (SSSR count). The molecule has 0 aliphatic heterocycles. The average Bonchev–Trinajstić information content (AvgIpc) is 3.38. The summed E-state index contributed by atoms with van der Waals surface area (Å²) >= 11 is 7.57. The van der Waals surface area contributed by atoms with Crippen LogP contribution in [0.2, 0.25) is 5.02 Å². The van der Waals surface area contributed by atoms with Crippen molar-refractivity contribution in [3.05, 3.63) is 45.2 Å². The summed E-state index contributed by atoms with van der Waals surface area (Å²) in [5, 5.41) is 4.59. The summed E-state index contributed by atoms with van der Waals surface area (Å²) in [5.41, 5.74) is 3.47. The molecule has 0 radical (unpaired) electrons.